The minimum Gasteiger partial charge on any atom is -0.393 e. The quantitative estimate of drug-likeness (QED) is 0.662. The molecule has 0 aromatic rings. The Kier molecular flexibility index (Phi) is 4.51. The molecule has 0 amide bonds. The van der Waals surface area contributed by atoms with Crippen molar-refractivity contribution in [3.63, 3.8) is 0 Å². The van der Waals surface area contributed by atoms with Gasteiger partial charge in [0.25, 0.3) is 0 Å². The van der Waals surface area contributed by atoms with Gasteiger partial charge in [-0.2, -0.15) is 0 Å². The maximum absolute atomic E-state index is 9.93. The molecule has 1 N–H and O–H groups in total. The lowest BCUT2D eigenvalue weighted by Crippen LogP contribution is -2.24. The second-order valence-corrected chi connectivity index (χ2v) is 4.41. The van der Waals surface area contributed by atoms with Gasteiger partial charge in [-0.1, -0.05) is 32.3 Å². The van der Waals surface area contributed by atoms with Crippen molar-refractivity contribution in [2.75, 3.05) is 0 Å². The third-order valence-electron chi connectivity index (χ3n) is 3.21. The molecule has 2 atom stereocenters. The Morgan fingerprint density at radius 1 is 1.38 bits per heavy atom. The summed E-state index contributed by atoms with van der Waals surface area (Å²) in [6.07, 6.45) is 9.18. The van der Waals surface area contributed by atoms with E-state index in [1.54, 1.807) is 0 Å². The highest BCUT2D eigenvalue weighted by molar-refractivity contribution is 4.81. The summed E-state index contributed by atoms with van der Waals surface area (Å²) >= 11 is 0. The summed E-state index contributed by atoms with van der Waals surface area (Å²) in [5, 5.41) is 9.93. The predicted octanol–water partition coefficient (Wildman–Crippen LogP) is 3.14. The monoisotopic (exact) mass is 182 g/mol. The van der Waals surface area contributed by atoms with Crippen LogP contribution in [0.1, 0.15) is 45.4 Å². The van der Waals surface area contributed by atoms with Crippen molar-refractivity contribution in [2.24, 2.45) is 11.8 Å². The first-order valence-corrected chi connectivity index (χ1v) is 5.54. The van der Waals surface area contributed by atoms with Gasteiger partial charge in [-0.05, 0) is 31.1 Å². The van der Waals surface area contributed by atoms with E-state index >= 15 is 0 Å². The van der Waals surface area contributed by atoms with Crippen molar-refractivity contribution >= 4 is 0 Å². The molecule has 0 aromatic carbocycles. The van der Waals surface area contributed by atoms with Crippen molar-refractivity contribution in [1.29, 1.82) is 0 Å². The van der Waals surface area contributed by atoms with Gasteiger partial charge in [0.1, 0.15) is 0 Å². The Morgan fingerprint density at radius 3 is 2.54 bits per heavy atom. The van der Waals surface area contributed by atoms with Gasteiger partial charge in [-0.15, -0.1) is 6.58 Å². The van der Waals surface area contributed by atoms with Gasteiger partial charge in [0.2, 0.25) is 0 Å². The number of aliphatic hydroxyl groups excluding tert-OH is 1. The number of allylic oxidation sites excluding steroid dienone is 1. The fourth-order valence-corrected chi connectivity index (χ4v) is 2.19. The second kappa shape index (κ2) is 5.43. The van der Waals surface area contributed by atoms with Crippen molar-refractivity contribution in [3.05, 3.63) is 12.7 Å². The average Bonchev–Trinajstić information content (AvgIpc) is 2.19. The molecule has 0 spiro atoms. The summed E-state index contributed by atoms with van der Waals surface area (Å²) in [7, 11) is 0. The summed E-state index contributed by atoms with van der Waals surface area (Å²) in [5.74, 6) is 1.02. The van der Waals surface area contributed by atoms with Gasteiger partial charge in [0.15, 0.2) is 0 Å². The Hall–Kier alpha value is -0.300. The molecule has 1 aliphatic carbocycles. The molecule has 1 aliphatic rings. The Morgan fingerprint density at radius 2 is 2.00 bits per heavy atom. The molecule has 0 saturated heterocycles. The lowest BCUT2D eigenvalue weighted by atomic mass is 9.82. The van der Waals surface area contributed by atoms with E-state index in [9.17, 15) is 5.11 Å². The first-order valence-electron chi connectivity index (χ1n) is 5.54. The lowest BCUT2D eigenvalue weighted by molar-refractivity contribution is 0.0694. The van der Waals surface area contributed by atoms with Gasteiger partial charge in [-0.25, -0.2) is 0 Å². The normalized spacial score (nSPS) is 23.8. The minimum absolute atomic E-state index is 0.0895. The van der Waals surface area contributed by atoms with Crippen LogP contribution in [0.25, 0.3) is 0 Å². The van der Waals surface area contributed by atoms with E-state index < -0.39 is 0 Å². The zero-order valence-corrected chi connectivity index (χ0v) is 8.71. The maximum atomic E-state index is 9.93. The van der Waals surface area contributed by atoms with E-state index in [1.807, 2.05) is 6.08 Å². The lowest BCUT2D eigenvalue weighted by Gasteiger charge is -2.27. The van der Waals surface area contributed by atoms with Crippen molar-refractivity contribution in [3.8, 4) is 0 Å². The molecular weight excluding hydrogens is 160 g/mol. The number of hydrogen-bond acceptors (Lipinski definition) is 1. The number of hydrogen-bond donors (Lipinski definition) is 1. The first kappa shape index (κ1) is 10.8. The summed E-state index contributed by atoms with van der Waals surface area (Å²) in [4.78, 5) is 0. The van der Waals surface area contributed by atoms with Gasteiger partial charge >= 0.3 is 0 Å². The zero-order chi connectivity index (χ0) is 9.68. The maximum Gasteiger partial charge on any atom is 0.0573 e. The molecule has 1 nitrogen and oxygen atoms in total. The molecule has 1 rings (SSSR count). The highest BCUT2D eigenvalue weighted by Crippen LogP contribution is 2.29. The molecule has 0 radical (unpaired) electrons. The highest BCUT2D eigenvalue weighted by atomic mass is 16.3. The third kappa shape index (κ3) is 3.51. The third-order valence-corrected chi connectivity index (χ3v) is 3.21. The van der Waals surface area contributed by atoms with Crippen LogP contribution in [-0.4, -0.2) is 11.2 Å². The van der Waals surface area contributed by atoms with Crippen LogP contribution in [-0.2, 0) is 0 Å². The van der Waals surface area contributed by atoms with Crippen molar-refractivity contribution in [1.82, 2.24) is 0 Å². The minimum atomic E-state index is -0.0895. The molecule has 0 heterocycles. The van der Waals surface area contributed by atoms with Crippen molar-refractivity contribution in [2.45, 2.75) is 51.6 Å². The van der Waals surface area contributed by atoms with Crippen LogP contribution in [0.4, 0.5) is 0 Å². The molecular formula is C12H22O. The van der Waals surface area contributed by atoms with Crippen LogP contribution < -0.4 is 0 Å². The first-order chi connectivity index (χ1) is 6.24. The van der Waals surface area contributed by atoms with Crippen molar-refractivity contribution < 1.29 is 5.11 Å². The largest absolute Gasteiger partial charge is 0.393 e. The second-order valence-electron chi connectivity index (χ2n) is 4.41. The SMILES string of the molecule is C=C[C@H](C)C[C@@H](O)C1CCCCC1. The average molecular weight is 182 g/mol. The molecule has 0 bridgehead atoms. The van der Waals surface area contributed by atoms with E-state index in [4.69, 9.17) is 0 Å². The van der Waals surface area contributed by atoms with Gasteiger partial charge in [-0.3, -0.25) is 0 Å². The zero-order valence-electron chi connectivity index (χ0n) is 8.71. The van der Waals surface area contributed by atoms with E-state index in [2.05, 4.69) is 13.5 Å². The van der Waals surface area contributed by atoms with Crippen LogP contribution in [0.2, 0.25) is 0 Å². The van der Waals surface area contributed by atoms with Gasteiger partial charge in [0, 0.05) is 0 Å². The number of aliphatic hydroxyl groups is 1. The summed E-state index contributed by atoms with van der Waals surface area (Å²) in [5.41, 5.74) is 0. The standard InChI is InChI=1S/C12H22O/c1-3-10(2)9-12(13)11-7-5-4-6-8-11/h3,10-13H,1,4-9H2,2H3/t10-,12+/m0/s1. The van der Waals surface area contributed by atoms with E-state index in [1.165, 1.54) is 32.1 Å². The van der Waals surface area contributed by atoms with Crippen LogP contribution in [0.5, 0.6) is 0 Å². The Labute approximate surface area is 81.9 Å². The molecule has 0 unspecified atom stereocenters. The molecule has 1 fully saturated rings. The molecule has 0 aromatic heterocycles. The van der Waals surface area contributed by atoms with Crippen LogP contribution >= 0.6 is 0 Å². The Balaban J connectivity index is 2.28. The molecule has 0 aliphatic heterocycles. The molecule has 76 valence electrons. The molecule has 13 heavy (non-hydrogen) atoms. The fraction of sp³-hybridized carbons (Fsp3) is 0.833. The molecule has 1 heteroatoms. The number of rotatable bonds is 4. The fourth-order valence-electron chi connectivity index (χ4n) is 2.19. The van der Waals surface area contributed by atoms with Gasteiger partial charge in [0.05, 0.1) is 6.10 Å². The highest BCUT2D eigenvalue weighted by Gasteiger charge is 2.22. The van der Waals surface area contributed by atoms with E-state index in [-0.39, 0.29) is 6.10 Å². The van der Waals surface area contributed by atoms with Crippen LogP contribution in [0.3, 0.4) is 0 Å². The summed E-state index contributed by atoms with van der Waals surface area (Å²) in [6.45, 7) is 5.87. The topological polar surface area (TPSA) is 20.2 Å². The summed E-state index contributed by atoms with van der Waals surface area (Å²) < 4.78 is 0. The van der Waals surface area contributed by atoms with E-state index in [0.29, 0.717) is 11.8 Å². The Bertz CT molecular complexity index is 147. The van der Waals surface area contributed by atoms with Gasteiger partial charge < -0.3 is 5.11 Å². The summed E-state index contributed by atoms with van der Waals surface area (Å²) in [6, 6.07) is 0. The smallest absolute Gasteiger partial charge is 0.0573 e. The predicted molar refractivity (Wildman–Crippen MR) is 56.6 cm³/mol. The van der Waals surface area contributed by atoms with Crippen LogP contribution in [0, 0.1) is 11.8 Å². The van der Waals surface area contributed by atoms with Crippen LogP contribution in [0.15, 0.2) is 12.7 Å². The van der Waals surface area contributed by atoms with E-state index in [0.717, 1.165) is 6.42 Å². The molecule has 1 saturated carbocycles.